The van der Waals surface area contributed by atoms with Gasteiger partial charge in [0.25, 0.3) is 0 Å². The number of nitrogens with zero attached hydrogens (tertiary/aromatic N) is 2. The van der Waals surface area contributed by atoms with E-state index < -0.39 is 0 Å². The lowest BCUT2D eigenvalue weighted by Gasteiger charge is -2.29. The molecule has 1 N–H and O–H groups in total. The van der Waals surface area contributed by atoms with Crippen molar-refractivity contribution in [3.63, 3.8) is 0 Å². The predicted molar refractivity (Wildman–Crippen MR) is 85.1 cm³/mol. The first kappa shape index (κ1) is 14.2. The topological polar surface area (TPSA) is 37.4 Å². The number of hydrogen-bond donors (Lipinski definition) is 1. The van der Waals surface area contributed by atoms with E-state index in [1.807, 2.05) is 36.5 Å². The van der Waals surface area contributed by atoms with Crippen LogP contribution < -0.4 is 15.0 Å². The molecule has 0 spiro atoms. The monoisotopic (exact) mass is 303 g/mol. The van der Waals surface area contributed by atoms with Crippen LogP contribution in [-0.4, -0.2) is 31.2 Å². The molecule has 0 saturated carbocycles. The second-order valence-electron chi connectivity index (χ2n) is 5.00. The predicted octanol–water partition coefficient (Wildman–Crippen LogP) is 2.72. The summed E-state index contributed by atoms with van der Waals surface area (Å²) >= 11 is 6.13. The number of rotatable bonds is 4. The molecule has 110 valence electrons. The van der Waals surface area contributed by atoms with Crippen LogP contribution in [-0.2, 0) is 6.61 Å². The largest absolute Gasteiger partial charge is 0.487 e. The van der Waals surface area contributed by atoms with E-state index in [2.05, 4.69) is 15.2 Å². The highest BCUT2D eigenvalue weighted by Gasteiger charge is 2.11. The molecule has 0 atom stereocenters. The molecule has 5 heteroatoms. The molecule has 1 fully saturated rings. The van der Waals surface area contributed by atoms with Crippen LogP contribution in [0.3, 0.4) is 0 Å². The number of anilines is 1. The minimum Gasteiger partial charge on any atom is -0.487 e. The van der Waals surface area contributed by atoms with Gasteiger partial charge in [0, 0.05) is 42.8 Å². The van der Waals surface area contributed by atoms with E-state index in [-0.39, 0.29) is 0 Å². The maximum atomic E-state index is 6.13. The lowest BCUT2D eigenvalue weighted by molar-refractivity contribution is 0.305. The van der Waals surface area contributed by atoms with Crippen molar-refractivity contribution < 1.29 is 4.74 Å². The first-order chi connectivity index (χ1) is 10.3. The van der Waals surface area contributed by atoms with E-state index in [1.165, 1.54) is 0 Å². The van der Waals surface area contributed by atoms with Gasteiger partial charge in [0.05, 0.1) is 18.1 Å². The molecule has 21 heavy (non-hydrogen) atoms. The van der Waals surface area contributed by atoms with E-state index >= 15 is 0 Å². The summed E-state index contributed by atoms with van der Waals surface area (Å²) in [5.41, 5.74) is 2.08. The van der Waals surface area contributed by atoms with Gasteiger partial charge in [0.2, 0.25) is 0 Å². The number of nitrogens with one attached hydrogen (secondary N) is 1. The molecular weight excluding hydrogens is 286 g/mol. The summed E-state index contributed by atoms with van der Waals surface area (Å²) in [6.07, 6.45) is 3.62. The third-order valence-corrected chi connectivity index (χ3v) is 3.90. The van der Waals surface area contributed by atoms with Crippen molar-refractivity contribution >= 4 is 17.3 Å². The smallest absolute Gasteiger partial charge is 0.140 e. The first-order valence-electron chi connectivity index (χ1n) is 7.10. The van der Waals surface area contributed by atoms with Crippen LogP contribution in [0.4, 0.5) is 5.69 Å². The highest BCUT2D eigenvalue weighted by atomic mass is 35.5. The number of aromatic nitrogens is 1. The summed E-state index contributed by atoms with van der Waals surface area (Å²) in [6, 6.07) is 9.75. The minimum absolute atomic E-state index is 0.451. The highest BCUT2D eigenvalue weighted by molar-refractivity contribution is 6.31. The van der Waals surface area contributed by atoms with Crippen molar-refractivity contribution in [2.75, 3.05) is 31.1 Å². The van der Waals surface area contributed by atoms with Gasteiger partial charge >= 0.3 is 0 Å². The summed E-state index contributed by atoms with van der Waals surface area (Å²) < 4.78 is 5.82. The Morgan fingerprint density at radius 3 is 2.81 bits per heavy atom. The zero-order valence-electron chi connectivity index (χ0n) is 11.8. The number of ether oxygens (including phenoxy) is 1. The normalized spacial score (nSPS) is 15.0. The van der Waals surface area contributed by atoms with Crippen LogP contribution in [0.2, 0.25) is 5.02 Å². The minimum atomic E-state index is 0.451. The van der Waals surface area contributed by atoms with E-state index in [4.69, 9.17) is 16.3 Å². The van der Waals surface area contributed by atoms with Crippen LogP contribution in [0.25, 0.3) is 0 Å². The molecule has 0 radical (unpaired) electrons. The van der Waals surface area contributed by atoms with E-state index in [0.29, 0.717) is 6.61 Å². The number of piperazine rings is 1. The van der Waals surface area contributed by atoms with Crippen LogP contribution in [0.1, 0.15) is 5.56 Å². The van der Waals surface area contributed by atoms with Crippen molar-refractivity contribution in [3.05, 3.63) is 53.3 Å². The van der Waals surface area contributed by atoms with Crippen molar-refractivity contribution in [2.45, 2.75) is 6.61 Å². The van der Waals surface area contributed by atoms with Crippen LogP contribution in [0.15, 0.2) is 42.7 Å². The van der Waals surface area contributed by atoms with Gasteiger partial charge in [-0.3, -0.25) is 4.98 Å². The Morgan fingerprint density at radius 2 is 2.00 bits per heavy atom. The maximum absolute atomic E-state index is 6.13. The van der Waals surface area contributed by atoms with E-state index in [9.17, 15) is 0 Å². The third-order valence-electron chi connectivity index (χ3n) is 3.53. The second-order valence-corrected chi connectivity index (χ2v) is 5.40. The lowest BCUT2D eigenvalue weighted by Crippen LogP contribution is -2.43. The molecule has 0 bridgehead atoms. The maximum Gasteiger partial charge on any atom is 0.140 e. The third kappa shape index (κ3) is 3.65. The van der Waals surface area contributed by atoms with Gasteiger partial charge in [-0.05, 0) is 6.07 Å². The van der Waals surface area contributed by atoms with Crippen molar-refractivity contribution in [2.24, 2.45) is 0 Å². The summed E-state index contributed by atoms with van der Waals surface area (Å²) in [7, 11) is 0. The molecule has 1 aliphatic rings. The summed E-state index contributed by atoms with van der Waals surface area (Å²) in [4.78, 5) is 6.59. The average Bonchev–Trinajstić information content (AvgIpc) is 2.55. The molecule has 0 aliphatic carbocycles. The fourth-order valence-electron chi connectivity index (χ4n) is 2.36. The molecule has 1 saturated heterocycles. The zero-order chi connectivity index (χ0) is 14.5. The fraction of sp³-hybridized carbons (Fsp3) is 0.312. The average molecular weight is 304 g/mol. The molecule has 0 amide bonds. The Labute approximate surface area is 129 Å². The van der Waals surface area contributed by atoms with Crippen molar-refractivity contribution in [3.8, 4) is 5.75 Å². The quantitative estimate of drug-likeness (QED) is 0.942. The van der Waals surface area contributed by atoms with Crippen molar-refractivity contribution in [1.82, 2.24) is 10.3 Å². The number of pyridine rings is 1. The lowest BCUT2D eigenvalue weighted by atomic mass is 10.2. The van der Waals surface area contributed by atoms with Crippen LogP contribution in [0, 0.1) is 0 Å². The van der Waals surface area contributed by atoms with Gasteiger partial charge < -0.3 is 15.0 Å². The second kappa shape index (κ2) is 6.78. The molecule has 2 heterocycles. The van der Waals surface area contributed by atoms with E-state index in [1.54, 1.807) is 6.20 Å². The molecule has 4 nitrogen and oxygen atoms in total. The molecular formula is C16H18ClN3O. The standard InChI is InChI=1S/C16H18ClN3O/c17-16-4-2-1-3-13(16)12-21-15-9-14(10-19-11-15)20-7-5-18-6-8-20/h1-4,9-11,18H,5-8,12H2. The van der Waals surface area contributed by atoms with Gasteiger partial charge in [-0.25, -0.2) is 0 Å². The highest BCUT2D eigenvalue weighted by Crippen LogP contribution is 2.22. The van der Waals surface area contributed by atoms with Gasteiger partial charge in [-0.2, -0.15) is 0 Å². The molecule has 0 unspecified atom stereocenters. The van der Waals surface area contributed by atoms with Crippen molar-refractivity contribution in [1.29, 1.82) is 0 Å². The Balaban J connectivity index is 1.67. The van der Waals surface area contributed by atoms with Crippen LogP contribution >= 0.6 is 11.6 Å². The molecule has 2 aromatic rings. The van der Waals surface area contributed by atoms with Gasteiger partial charge in [-0.1, -0.05) is 29.8 Å². The van der Waals surface area contributed by atoms with Gasteiger partial charge in [-0.15, -0.1) is 0 Å². The SMILES string of the molecule is Clc1ccccc1COc1cncc(N2CCNCC2)c1. The summed E-state index contributed by atoms with van der Waals surface area (Å²) in [6.45, 7) is 4.45. The van der Waals surface area contributed by atoms with Gasteiger partial charge in [0.15, 0.2) is 0 Å². The Morgan fingerprint density at radius 1 is 1.19 bits per heavy atom. The number of benzene rings is 1. The Bertz CT molecular complexity index is 600. The first-order valence-corrected chi connectivity index (χ1v) is 7.47. The summed E-state index contributed by atoms with van der Waals surface area (Å²) in [5, 5.41) is 4.07. The van der Waals surface area contributed by atoms with E-state index in [0.717, 1.165) is 48.2 Å². The molecule has 1 aromatic carbocycles. The molecule has 1 aromatic heterocycles. The number of halogens is 1. The number of hydrogen-bond acceptors (Lipinski definition) is 4. The Kier molecular flexibility index (Phi) is 4.58. The molecule has 1 aliphatic heterocycles. The zero-order valence-corrected chi connectivity index (χ0v) is 12.5. The molecule has 3 rings (SSSR count). The fourth-order valence-corrected chi connectivity index (χ4v) is 2.55. The Hall–Kier alpha value is -1.78. The summed E-state index contributed by atoms with van der Waals surface area (Å²) in [5.74, 6) is 0.769. The van der Waals surface area contributed by atoms with Gasteiger partial charge in [0.1, 0.15) is 12.4 Å². The van der Waals surface area contributed by atoms with Crippen LogP contribution in [0.5, 0.6) is 5.75 Å².